The van der Waals surface area contributed by atoms with Crippen LogP contribution in [0.1, 0.15) is 44.8 Å². The number of guanidine groups is 1. The van der Waals surface area contributed by atoms with Crippen molar-refractivity contribution in [1.82, 2.24) is 15.6 Å². The highest BCUT2D eigenvalue weighted by Crippen LogP contribution is 2.10. The number of hydrogen-bond acceptors (Lipinski definition) is 3. The predicted molar refractivity (Wildman–Crippen MR) is 98.1 cm³/mol. The van der Waals surface area contributed by atoms with Crippen LogP contribution in [-0.2, 0) is 0 Å². The fraction of sp³-hybridized carbons (Fsp3) is 0.600. The number of aliphatic hydroxyl groups excluding tert-OH is 1. The van der Waals surface area contributed by atoms with E-state index in [0.29, 0.717) is 6.54 Å². The minimum absolute atomic E-state index is 0. The van der Waals surface area contributed by atoms with Gasteiger partial charge in [0.05, 0.1) is 12.6 Å². The van der Waals surface area contributed by atoms with Gasteiger partial charge < -0.3 is 15.7 Å². The molecule has 0 amide bonds. The van der Waals surface area contributed by atoms with Crippen molar-refractivity contribution in [3.05, 3.63) is 30.1 Å². The van der Waals surface area contributed by atoms with Gasteiger partial charge in [0.25, 0.3) is 0 Å². The van der Waals surface area contributed by atoms with Crippen molar-refractivity contribution >= 4 is 29.9 Å². The average Bonchev–Trinajstić information content (AvgIpc) is 2.49. The number of aromatic nitrogens is 1. The summed E-state index contributed by atoms with van der Waals surface area (Å²) in [6.45, 7) is 6.27. The monoisotopic (exact) mass is 406 g/mol. The Balaban J connectivity index is 0.00000400. The summed E-state index contributed by atoms with van der Waals surface area (Å²) in [4.78, 5) is 8.35. The Bertz CT molecular complexity index is 387. The zero-order valence-electron chi connectivity index (χ0n) is 12.9. The number of nitrogens with zero attached hydrogens (tertiary/aromatic N) is 2. The second-order valence-electron chi connectivity index (χ2n) is 4.65. The lowest BCUT2D eigenvalue weighted by molar-refractivity contribution is 0.187. The summed E-state index contributed by atoms with van der Waals surface area (Å²) in [5, 5.41) is 16.5. The molecule has 0 aliphatic heterocycles. The largest absolute Gasteiger partial charge is 0.386 e. The van der Waals surface area contributed by atoms with Crippen molar-refractivity contribution in [2.24, 2.45) is 4.99 Å². The minimum atomic E-state index is -0.593. The van der Waals surface area contributed by atoms with Crippen LogP contribution in [0.2, 0.25) is 0 Å². The number of pyridine rings is 1. The molecule has 0 saturated carbocycles. The van der Waals surface area contributed by atoms with Gasteiger partial charge in [-0.2, -0.15) is 0 Å². The van der Waals surface area contributed by atoms with Crippen molar-refractivity contribution in [1.29, 1.82) is 0 Å². The van der Waals surface area contributed by atoms with Crippen molar-refractivity contribution in [2.75, 3.05) is 19.6 Å². The van der Waals surface area contributed by atoms with Gasteiger partial charge in [-0.3, -0.25) is 9.98 Å². The predicted octanol–water partition coefficient (Wildman–Crippen LogP) is 2.48. The van der Waals surface area contributed by atoms with Gasteiger partial charge in [0.1, 0.15) is 0 Å². The minimum Gasteiger partial charge on any atom is -0.386 e. The lowest BCUT2D eigenvalue weighted by atomic mass is 10.1. The van der Waals surface area contributed by atoms with Crippen LogP contribution in [0.15, 0.2) is 29.5 Å². The van der Waals surface area contributed by atoms with Gasteiger partial charge >= 0.3 is 0 Å². The average molecular weight is 406 g/mol. The van der Waals surface area contributed by atoms with E-state index in [-0.39, 0.29) is 24.0 Å². The Morgan fingerprint density at radius 3 is 2.57 bits per heavy atom. The van der Waals surface area contributed by atoms with Gasteiger partial charge in [-0.1, -0.05) is 19.8 Å². The zero-order valence-corrected chi connectivity index (χ0v) is 15.2. The fourth-order valence-electron chi connectivity index (χ4n) is 1.79. The van der Waals surface area contributed by atoms with Crippen LogP contribution in [0.4, 0.5) is 0 Å². The number of rotatable bonds is 8. The molecule has 0 fully saturated rings. The number of aliphatic hydroxyl groups is 1. The Kier molecular flexibility index (Phi) is 12.3. The first-order chi connectivity index (χ1) is 9.77. The molecule has 0 saturated heterocycles. The number of unbranched alkanes of at least 4 members (excludes halogenated alkanes) is 2. The summed E-state index contributed by atoms with van der Waals surface area (Å²) in [6, 6.07) is 3.61. The number of nitrogens with one attached hydrogen (secondary N) is 2. The first kappa shape index (κ1) is 20.1. The van der Waals surface area contributed by atoms with Crippen molar-refractivity contribution in [2.45, 2.75) is 39.2 Å². The van der Waals surface area contributed by atoms with Gasteiger partial charge in [0, 0.05) is 25.5 Å². The summed E-state index contributed by atoms with van der Waals surface area (Å²) in [5.74, 6) is 0.761. The molecule has 21 heavy (non-hydrogen) atoms. The second-order valence-corrected chi connectivity index (χ2v) is 4.65. The Labute approximate surface area is 144 Å². The molecule has 1 rings (SSSR count). The third-order valence-corrected chi connectivity index (χ3v) is 2.93. The van der Waals surface area contributed by atoms with E-state index >= 15 is 0 Å². The van der Waals surface area contributed by atoms with E-state index in [1.807, 2.05) is 19.1 Å². The molecule has 1 aromatic rings. The van der Waals surface area contributed by atoms with Crippen LogP contribution in [0.3, 0.4) is 0 Å². The van der Waals surface area contributed by atoms with E-state index in [1.165, 1.54) is 12.8 Å². The van der Waals surface area contributed by atoms with Crippen LogP contribution in [0.5, 0.6) is 0 Å². The summed E-state index contributed by atoms with van der Waals surface area (Å²) in [7, 11) is 0. The van der Waals surface area contributed by atoms with Crippen LogP contribution in [0.25, 0.3) is 0 Å². The van der Waals surface area contributed by atoms with Gasteiger partial charge in [-0.15, -0.1) is 24.0 Å². The molecular formula is C15H27IN4O. The molecule has 120 valence electrons. The highest BCUT2D eigenvalue weighted by Gasteiger charge is 2.06. The fourth-order valence-corrected chi connectivity index (χ4v) is 1.79. The first-order valence-corrected chi connectivity index (χ1v) is 7.38. The number of aliphatic imine (C=N–C) groups is 1. The van der Waals surface area contributed by atoms with E-state index in [2.05, 4.69) is 27.5 Å². The lowest BCUT2D eigenvalue weighted by Crippen LogP contribution is -2.38. The Morgan fingerprint density at radius 2 is 1.95 bits per heavy atom. The van der Waals surface area contributed by atoms with Crippen molar-refractivity contribution < 1.29 is 5.11 Å². The maximum atomic E-state index is 10.1. The van der Waals surface area contributed by atoms with Crippen LogP contribution < -0.4 is 10.6 Å². The number of hydrogen-bond donors (Lipinski definition) is 3. The summed E-state index contributed by atoms with van der Waals surface area (Å²) < 4.78 is 0. The third-order valence-electron chi connectivity index (χ3n) is 2.93. The summed E-state index contributed by atoms with van der Waals surface area (Å²) in [6.07, 6.45) is 6.31. The first-order valence-electron chi connectivity index (χ1n) is 7.38. The zero-order chi connectivity index (χ0) is 14.6. The lowest BCUT2D eigenvalue weighted by Gasteiger charge is -2.13. The van der Waals surface area contributed by atoms with Gasteiger partial charge in [-0.05, 0) is 31.0 Å². The standard InChI is InChI=1S/C15H26N4O.HI/c1-3-5-6-9-18-15(17-4-2)19-12-14(20)13-7-10-16-11-8-13;/h7-8,10-11,14,20H,3-6,9,12H2,1-2H3,(H2,17,18,19);1H. The maximum Gasteiger partial charge on any atom is 0.191 e. The summed E-state index contributed by atoms with van der Waals surface area (Å²) >= 11 is 0. The van der Waals surface area contributed by atoms with Gasteiger partial charge in [0.15, 0.2) is 5.96 Å². The highest BCUT2D eigenvalue weighted by molar-refractivity contribution is 14.0. The van der Waals surface area contributed by atoms with E-state index in [4.69, 9.17) is 0 Å². The quantitative estimate of drug-likeness (QED) is 0.269. The number of halogens is 1. The molecule has 0 aromatic carbocycles. The molecule has 3 N–H and O–H groups in total. The molecule has 6 heteroatoms. The molecule has 1 atom stereocenters. The summed E-state index contributed by atoms with van der Waals surface area (Å²) in [5.41, 5.74) is 0.839. The molecule has 0 aliphatic carbocycles. The van der Waals surface area contributed by atoms with Crippen LogP contribution in [0, 0.1) is 0 Å². The molecule has 0 aliphatic rings. The van der Waals surface area contributed by atoms with Crippen molar-refractivity contribution in [3.63, 3.8) is 0 Å². The molecule has 0 bridgehead atoms. The van der Waals surface area contributed by atoms with E-state index in [0.717, 1.165) is 31.0 Å². The smallest absolute Gasteiger partial charge is 0.191 e. The normalized spacial score (nSPS) is 12.4. The van der Waals surface area contributed by atoms with Gasteiger partial charge in [-0.25, -0.2) is 0 Å². The molecule has 0 spiro atoms. The van der Waals surface area contributed by atoms with Crippen LogP contribution >= 0.6 is 24.0 Å². The molecule has 1 unspecified atom stereocenters. The van der Waals surface area contributed by atoms with E-state index in [1.54, 1.807) is 12.4 Å². The third kappa shape index (κ3) is 8.87. The molecule has 1 heterocycles. The van der Waals surface area contributed by atoms with Gasteiger partial charge in [0.2, 0.25) is 0 Å². The Hall–Kier alpha value is -0.890. The maximum absolute atomic E-state index is 10.1. The Morgan fingerprint density at radius 1 is 1.24 bits per heavy atom. The highest BCUT2D eigenvalue weighted by atomic mass is 127. The SMILES string of the molecule is CCCCCNC(=NCC(O)c1ccncc1)NCC.I. The van der Waals surface area contributed by atoms with E-state index in [9.17, 15) is 5.11 Å². The topological polar surface area (TPSA) is 69.5 Å². The van der Waals surface area contributed by atoms with Crippen LogP contribution in [-0.4, -0.2) is 35.7 Å². The molecule has 1 aromatic heterocycles. The molecule has 5 nitrogen and oxygen atoms in total. The van der Waals surface area contributed by atoms with E-state index < -0.39 is 6.10 Å². The molecule has 0 radical (unpaired) electrons. The molecular weight excluding hydrogens is 379 g/mol. The van der Waals surface area contributed by atoms with Crippen molar-refractivity contribution in [3.8, 4) is 0 Å². The second kappa shape index (κ2) is 12.8.